The molecule has 84 valence electrons. The third-order valence-corrected chi connectivity index (χ3v) is 3.45. The molecule has 0 spiro atoms. The lowest BCUT2D eigenvalue weighted by molar-refractivity contribution is 0.632. The van der Waals surface area contributed by atoms with Crippen LogP contribution in [-0.4, -0.2) is 0 Å². The van der Waals surface area contributed by atoms with Gasteiger partial charge in [-0.05, 0) is 30.5 Å². The molecular formula is C12H13FN2S. The van der Waals surface area contributed by atoms with E-state index in [1.54, 1.807) is 23.5 Å². The fourth-order valence-electron chi connectivity index (χ4n) is 1.50. The Bertz CT molecular complexity index is 468. The number of hydrogen-bond acceptors (Lipinski definition) is 3. The van der Waals surface area contributed by atoms with Crippen LogP contribution >= 0.6 is 11.3 Å². The number of para-hydroxylation sites is 1. The first-order chi connectivity index (χ1) is 7.68. The largest absolute Gasteiger partial charge is 0.395 e. The van der Waals surface area contributed by atoms with Crippen LogP contribution in [0, 0.1) is 5.82 Å². The van der Waals surface area contributed by atoms with Gasteiger partial charge in [0.15, 0.2) is 0 Å². The quantitative estimate of drug-likeness (QED) is 0.798. The lowest BCUT2D eigenvalue weighted by Crippen LogP contribution is -2.07. The summed E-state index contributed by atoms with van der Waals surface area (Å²) in [5, 5.41) is 5.22. The van der Waals surface area contributed by atoms with Gasteiger partial charge >= 0.3 is 0 Å². The average Bonchev–Trinajstić information content (AvgIpc) is 2.78. The molecule has 0 saturated heterocycles. The molecule has 0 bridgehead atoms. The fraction of sp³-hybridized carbons (Fsp3) is 0.167. The highest BCUT2D eigenvalue weighted by atomic mass is 32.1. The zero-order valence-corrected chi connectivity index (χ0v) is 9.72. The van der Waals surface area contributed by atoms with Gasteiger partial charge in [-0.25, -0.2) is 4.39 Å². The number of nitrogens with one attached hydrogen (secondary N) is 1. The van der Waals surface area contributed by atoms with E-state index in [0.29, 0.717) is 5.69 Å². The van der Waals surface area contributed by atoms with E-state index in [2.05, 4.69) is 5.32 Å². The van der Waals surface area contributed by atoms with Gasteiger partial charge < -0.3 is 11.1 Å². The van der Waals surface area contributed by atoms with Gasteiger partial charge in [0.25, 0.3) is 0 Å². The van der Waals surface area contributed by atoms with Crippen LogP contribution in [0.1, 0.15) is 17.8 Å². The van der Waals surface area contributed by atoms with E-state index in [1.807, 2.05) is 24.4 Å². The van der Waals surface area contributed by atoms with Crippen molar-refractivity contribution < 1.29 is 4.39 Å². The monoisotopic (exact) mass is 236 g/mol. The zero-order chi connectivity index (χ0) is 11.5. The molecule has 0 aliphatic rings. The summed E-state index contributed by atoms with van der Waals surface area (Å²) in [6, 6.07) is 8.95. The summed E-state index contributed by atoms with van der Waals surface area (Å²) < 4.78 is 13.2. The molecule has 1 aromatic carbocycles. The molecule has 0 amide bonds. The summed E-state index contributed by atoms with van der Waals surface area (Å²) in [5.74, 6) is -0.386. The van der Waals surface area contributed by atoms with E-state index < -0.39 is 0 Å². The van der Waals surface area contributed by atoms with Gasteiger partial charge in [0, 0.05) is 4.88 Å². The van der Waals surface area contributed by atoms with Crippen LogP contribution in [0.3, 0.4) is 0 Å². The number of rotatable bonds is 3. The molecule has 0 radical (unpaired) electrons. The first kappa shape index (κ1) is 11.0. The Labute approximate surface area is 97.9 Å². The first-order valence-electron chi connectivity index (χ1n) is 5.02. The minimum Gasteiger partial charge on any atom is -0.395 e. The lowest BCUT2D eigenvalue weighted by atomic mass is 10.2. The maximum Gasteiger partial charge on any atom is 0.148 e. The van der Waals surface area contributed by atoms with Crippen molar-refractivity contribution in [2.24, 2.45) is 0 Å². The second kappa shape index (κ2) is 4.53. The molecular weight excluding hydrogens is 223 g/mol. The summed E-state index contributed by atoms with van der Waals surface area (Å²) >= 11 is 1.66. The van der Waals surface area contributed by atoms with Gasteiger partial charge in [-0.15, -0.1) is 11.3 Å². The molecule has 4 heteroatoms. The highest BCUT2D eigenvalue weighted by Crippen LogP contribution is 2.27. The molecule has 3 N–H and O–H groups in total. The van der Waals surface area contributed by atoms with Gasteiger partial charge in [-0.3, -0.25) is 0 Å². The van der Waals surface area contributed by atoms with Crippen LogP contribution in [0.25, 0.3) is 0 Å². The summed E-state index contributed by atoms with van der Waals surface area (Å²) in [7, 11) is 0. The predicted octanol–water partition coefficient (Wildman–Crippen LogP) is 3.64. The van der Waals surface area contributed by atoms with Crippen molar-refractivity contribution in [3.05, 3.63) is 46.4 Å². The van der Waals surface area contributed by atoms with Crippen LogP contribution in [0.4, 0.5) is 15.8 Å². The number of nitrogen functional groups attached to an aromatic ring is 1. The second-order valence-electron chi connectivity index (χ2n) is 3.58. The molecule has 1 atom stereocenters. The molecule has 0 fully saturated rings. The molecule has 0 saturated carbocycles. The third kappa shape index (κ3) is 2.17. The SMILES string of the molecule is CC(Nc1cccc(F)c1N)c1cccs1. The van der Waals surface area contributed by atoms with Crippen LogP contribution in [0.2, 0.25) is 0 Å². The van der Waals surface area contributed by atoms with Crippen molar-refractivity contribution in [3.8, 4) is 0 Å². The van der Waals surface area contributed by atoms with E-state index in [1.165, 1.54) is 10.9 Å². The van der Waals surface area contributed by atoms with Crippen LogP contribution < -0.4 is 11.1 Å². The van der Waals surface area contributed by atoms with E-state index >= 15 is 0 Å². The number of halogens is 1. The van der Waals surface area contributed by atoms with Crippen molar-refractivity contribution >= 4 is 22.7 Å². The minimum atomic E-state index is -0.386. The summed E-state index contributed by atoms with van der Waals surface area (Å²) in [5.41, 5.74) is 6.46. The van der Waals surface area contributed by atoms with Crippen molar-refractivity contribution in [2.45, 2.75) is 13.0 Å². The molecule has 2 nitrogen and oxygen atoms in total. The molecule has 2 rings (SSSR count). The molecule has 1 unspecified atom stereocenters. The normalized spacial score (nSPS) is 12.4. The van der Waals surface area contributed by atoms with Gasteiger partial charge in [0.05, 0.1) is 17.4 Å². The lowest BCUT2D eigenvalue weighted by Gasteiger charge is -2.15. The van der Waals surface area contributed by atoms with Crippen molar-refractivity contribution in [1.82, 2.24) is 0 Å². The van der Waals surface area contributed by atoms with Crippen LogP contribution in [-0.2, 0) is 0 Å². The number of nitrogens with two attached hydrogens (primary N) is 1. The Kier molecular flexibility index (Phi) is 3.10. The van der Waals surface area contributed by atoms with E-state index in [-0.39, 0.29) is 17.5 Å². The topological polar surface area (TPSA) is 38.0 Å². The molecule has 16 heavy (non-hydrogen) atoms. The predicted molar refractivity (Wildman–Crippen MR) is 67.2 cm³/mol. The fourth-order valence-corrected chi connectivity index (χ4v) is 2.24. The van der Waals surface area contributed by atoms with Gasteiger partial charge in [0.1, 0.15) is 5.82 Å². The van der Waals surface area contributed by atoms with Crippen LogP contribution in [0.5, 0.6) is 0 Å². The van der Waals surface area contributed by atoms with Gasteiger partial charge in [-0.2, -0.15) is 0 Å². The summed E-state index contributed by atoms with van der Waals surface area (Å²) in [4.78, 5) is 1.20. The Balaban J connectivity index is 2.18. The molecule has 1 aromatic heterocycles. The van der Waals surface area contributed by atoms with Gasteiger partial charge in [0.2, 0.25) is 0 Å². The first-order valence-corrected chi connectivity index (χ1v) is 5.90. The van der Waals surface area contributed by atoms with Crippen molar-refractivity contribution in [3.63, 3.8) is 0 Å². The standard InChI is InChI=1S/C12H13FN2S/c1-8(11-6-3-7-16-11)15-10-5-2-4-9(13)12(10)14/h2-8,15H,14H2,1H3. The number of hydrogen-bond donors (Lipinski definition) is 2. The molecule has 0 aliphatic heterocycles. The Morgan fingerprint density at radius 2 is 2.12 bits per heavy atom. The maximum atomic E-state index is 13.2. The highest BCUT2D eigenvalue weighted by Gasteiger charge is 2.09. The van der Waals surface area contributed by atoms with Gasteiger partial charge in [-0.1, -0.05) is 12.1 Å². The van der Waals surface area contributed by atoms with E-state index in [4.69, 9.17) is 5.73 Å². The average molecular weight is 236 g/mol. The molecule has 0 aliphatic carbocycles. The Hall–Kier alpha value is -1.55. The van der Waals surface area contributed by atoms with Crippen molar-refractivity contribution in [1.29, 1.82) is 0 Å². The van der Waals surface area contributed by atoms with E-state index in [9.17, 15) is 4.39 Å². The smallest absolute Gasteiger partial charge is 0.148 e. The molecule has 2 aromatic rings. The van der Waals surface area contributed by atoms with Crippen molar-refractivity contribution in [2.75, 3.05) is 11.1 Å². The third-order valence-electron chi connectivity index (χ3n) is 2.39. The second-order valence-corrected chi connectivity index (χ2v) is 4.56. The Morgan fingerprint density at radius 1 is 1.31 bits per heavy atom. The minimum absolute atomic E-state index is 0.129. The molecule has 1 heterocycles. The zero-order valence-electron chi connectivity index (χ0n) is 8.91. The Morgan fingerprint density at radius 3 is 2.81 bits per heavy atom. The number of benzene rings is 1. The maximum absolute atomic E-state index is 13.2. The van der Waals surface area contributed by atoms with E-state index in [0.717, 1.165) is 0 Å². The highest BCUT2D eigenvalue weighted by molar-refractivity contribution is 7.10. The van der Waals surface area contributed by atoms with Crippen LogP contribution in [0.15, 0.2) is 35.7 Å². The number of thiophene rings is 1. The summed E-state index contributed by atoms with van der Waals surface area (Å²) in [6.45, 7) is 2.02. The summed E-state index contributed by atoms with van der Waals surface area (Å²) in [6.07, 6.45) is 0. The number of anilines is 2.